The molecule has 3 heterocycles. The number of rotatable bonds is 4. The van der Waals surface area contributed by atoms with Gasteiger partial charge in [0.05, 0.1) is 19.1 Å². The zero-order valence-electron chi connectivity index (χ0n) is 11.2. The Morgan fingerprint density at radius 2 is 2.43 bits per heavy atom. The van der Waals surface area contributed by atoms with Crippen LogP contribution in [0.2, 0.25) is 0 Å². The highest BCUT2D eigenvalue weighted by atomic mass is 16.5. The van der Waals surface area contributed by atoms with Gasteiger partial charge in [-0.25, -0.2) is 0 Å². The van der Waals surface area contributed by atoms with Gasteiger partial charge in [0.25, 0.3) is 0 Å². The molecule has 1 aliphatic rings. The maximum atomic E-state index is 11.8. The van der Waals surface area contributed by atoms with E-state index in [-0.39, 0.29) is 29.8 Å². The van der Waals surface area contributed by atoms with Crippen molar-refractivity contribution in [2.24, 2.45) is 5.92 Å². The van der Waals surface area contributed by atoms with E-state index < -0.39 is 0 Å². The lowest BCUT2D eigenvalue weighted by molar-refractivity contribution is -0.125. The van der Waals surface area contributed by atoms with Crippen LogP contribution in [0.15, 0.2) is 27.6 Å². The average molecular weight is 290 g/mol. The number of carbonyl (C=O) groups excluding carboxylic acids is 1. The Hall–Kier alpha value is -2.48. The minimum atomic E-state index is -0.242. The molecule has 1 fully saturated rings. The first-order valence-electron chi connectivity index (χ1n) is 6.59. The van der Waals surface area contributed by atoms with E-state index in [1.54, 1.807) is 6.07 Å². The minimum absolute atomic E-state index is 0.0802. The SMILES string of the molecule is O=C(NCc1nc(-c2cc[nH]c(=O)c2)no1)[C@@H]1CCOC1. The van der Waals surface area contributed by atoms with Crippen molar-refractivity contribution in [1.82, 2.24) is 20.4 Å². The Morgan fingerprint density at radius 3 is 3.19 bits per heavy atom. The van der Waals surface area contributed by atoms with Crippen LogP contribution in [-0.4, -0.2) is 34.2 Å². The summed E-state index contributed by atoms with van der Waals surface area (Å²) in [6, 6.07) is 3.05. The number of amides is 1. The second-order valence-corrected chi connectivity index (χ2v) is 4.73. The number of nitrogens with zero attached hydrogens (tertiary/aromatic N) is 2. The molecule has 0 aliphatic carbocycles. The smallest absolute Gasteiger partial charge is 0.248 e. The number of aromatic nitrogens is 3. The van der Waals surface area contributed by atoms with Crippen molar-refractivity contribution in [3.8, 4) is 11.4 Å². The number of H-pyrrole nitrogens is 1. The molecule has 8 heteroatoms. The van der Waals surface area contributed by atoms with E-state index in [9.17, 15) is 9.59 Å². The van der Waals surface area contributed by atoms with E-state index in [1.807, 2.05) is 0 Å². The summed E-state index contributed by atoms with van der Waals surface area (Å²) in [5.74, 6) is 0.413. The number of hydrogen-bond acceptors (Lipinski definition) is 6. The molecule has 2 aromatic heterocycles. The Kier molecular flexibility index (Phi) is 3.78. The van der Waals surface area contributed by atoms with Crippen molar-refractivity contribution in [3.63, 3.8) is 0 Å². The van der Waals surface area contributed by atoms with E-state index in [2.05, 4.69) is 20.4 Å². The highest BCUT2D eigenvalue weighted by Crippen LogP contribution is 2.14. The highest BCUT2D eigenvalue weighted by molar-refractivity contribution is 5.78. The van der Waals surface area contributed by atoms with Gasteiger partial charge in [0.2, 0.25) is 23.2 Å². The number of pyridine rings is 1. The molecule has 1 saturated heterocycles. The Morgan fingerprint density at radius 1 is 1.52 bits per heavy atom. The Bertz CT molecular complexity index is 687. The predicted octanol–water partition coefficient (Wildman–Crippen LogP) is 0.0776. The van der Waals surface area contributed by atoms with Crippen LogP contribution in [0.25, 0.3) is 11.4 Å². The quantitative estimate of drug-likeness (QED) is 0.825. The lowest BCUT2D eigenvalue weighted by Crippen LogP contribution is -2.30. The maximum Gasteiger partial charge on any atom is 0.248 e. The van der Waals surface area contributed by atoms with Crippen molar-refractivity contribution in [3.05, 3.63) is 34.6 Å². The molecule has 1 aliphatic heterocycles. The number of carbonyl (C=O) groups is 1. The number of nitrogens with one attached hydrogen (secondary N) is 2. The molecule has 0 saturated carbocycles. The third-order valence-electron chi connectivity index (χ3n) is 3.22. The Labute approximate surface area is 119 Å². The molecular formula is C13H14N4O4. The molecule has 3 rings (SSSR count). The maximum absolute atomic E-state index is 11.8. The molecular weight excluding hydrogens is 276 g/mol. The number of ether oxygens (including phenoxy) is 1. The molecule has 8 nitrogen and oxygen atoms in total. The molecule has 2 aromatic rings. The normalized spacial score (nSPS) is 17.8. The molecule has 110 valence electrons. The van der Waals surface area contributed by atoms with Gasteiger partial charge >= 0.3 is 0 Å². The summed E-state index contributed by atoms with van der Waals surface area (Å²) in [5.41, 5.74) is 0.317. The second kappa shape index (κ2) is 5.88. The average Bonchev–Trinajstić information content (AvgIpc) is 3.16. The second-order valence-electron chi connectivity index (χ2n) is 4.73. The van der Waals surface area contributed by atoms with Gasteiger partial charge in [0, 0.05) is 24.4 Å². The highest BCUT2D eigenvalue weighted by Gasteiger charge is 2.23. The summed E-state index contributed by atoms with van der Waals surface area (Å²) < 4.78 is 10.2. The van der Waals surface area contributed by atoms with Gasteiger partial charge in [-0.15, -0.1) is 0 Å². The van der Waals surface area contributed by atoms with Crippen LogP contribution in [0, 0.1) is 5.92 Å². The molecule has 0 spiro atoms. The van der Waals surface area contributed by atoms with Crippen LogP contribution >= 0.6 is 0 Å². The van der Waals surface area contributed by atoms with Gasteiger partial charge in [-0.2, -0.15) is 4.98 Å². The third-order valence-corrected chi connectivity index (χ3v) is 3.22. The molecule has 0 bridgehead atoms. The number of hydrogen-bond donors (Lipinski definition) is 2. The third kappa shape index (κ3) is 3.16. The Balaban J connectivity index is 1.62. The summed E-state index contributed by atoms with van der Waals surface area (Å²) in [5, 5.41) is 6.52. The molecule has 1 amide bonds. The van der Waals surface area contributed by atoms with Crippen LogP contribution in [0.3, 0.4) is 0 Å². The van der Waals surface area contributed by atoms with E-state index in [0.717, 1.165) is 6.42 Å². The van der Waals surface area contributed by atoms with Gasteiger partial charge in [0.1, 0.15) is 0 Å². The number of aromatic amines is 1. The fourth-order valence-electron chi connectivity index (χ4n) is 2.08. The van der Waals surface area contributed by atoms with Crippen LogP contribution in [0.4, 0.5) is 0 Å². The zero-order chi connectivity index (χ0) is 14.7. The van der Waals surface area contributed by atoms with Crippen molar-refractivity contribution >= 4 is 5.91 Å². The first-order chi connectivity index (χ1) is 10.2. The van der Waals surface area contributed by atoms with Crippen molar-refractivity contribution in [2.45, 2.75) is 13.0 Å². The van der Waals surface area contributed by atoms with Gasteiger partial charge in [-0.05, 0) is 12.5 Å². The lowest BCUT2D eigenvalue weighted by atomic mass is 10.1. The summed E-state index contributed by atoms with van der Waals surface area (Å²) in [6.07, 6.45) is 2.24. The summed E-state index contributed by atoms with van der Waals surface area (Å²) in [6.45, 7) is 1.23. The minimum Gasteiger partial charge on any atom is -0.381 e. The van der Waals surface area contributed by atoms with Crippen molar-refractivity contribution in [2.75, 3.05) is 13.2 Å². The molecule has 1 atom stereocenters. The fraction of sp³-hybridized carbons (Fsp3) is 0.385. The van der Waals surface area contributed by atoms with Gasteiger partial charge in [-0.3, -0.25) is 9.59 Å². The van der Waals surface area contributed by atoms with Gasteiger partial charge in [0.15, 0.2) is 0 Å². The molecule has 0 aromatic carbocycles. The van der Waals surface area contributed by atoms with E-state index in [0.29, 0.717) is 24.6 Å². The summed E-state index contributed by atoms with van der Waals surface area (Å²) in [7, 11) is 0. The molecule has 0 radical (unpaired) electrons. The largest absolute Gasteiger partial charge is 0.381 e. The van der Waals surface area contributed by atoms with E-state index >= 15 is 0 Å². The van der Waals surface area contributed by atoms with E-state index in [1.165, 1.54) is 12.3 Å². The topological polar surface area (TPSA) is 110 Å². The standard InChI is InChI=1S/C13H14N4O4/c18-10-5-8(1-3-14-10)12-16-11(21-17-12)6-15-13(19)9-2-4-20-7-9/h1,3,5,9H,2,4,6-7H2,(H,14,18)(H,15,19)/t9-/m1/s1. The first-order valence-corrected chi connectivity index (χ1v) is 6.59. The summed E-state index contributed by atoms with van der Waals surface area (Å²) >= 11 is 0. The van der Waals surface area contributed by atoms with Crippen LogP contribution in [0.5, 0.6) is 0 Å². The van der Waals surface area contributed by atoms with E-state index in [4.69, 9.17) is 9.26 Å². The fourth-order valence-corrected chi connectivity index (χ4v) is 2.08. The lowest BCUT2D eigenvalue weighted by Gasteiger charge is -2.06. The predicted molar refractivity (Wildman–Crippen MR) is 71.1 cm³/mol. The van der Waals surface area contributed by atoms with Crippen molar-refractivity contribution in [1.29, 1.82) is 0 Å². The zero-order valence-corrected chi connectivity index (χ0v) is 11.2. The van der Waals surface area contributed by atoms with Gasteiger partial charge in [-0.1, -0.05) is 5.16 Å². The van der Waals surface area contributed by atoms with Crippen LogP contribution in [0.1, 0.15) is 12.3 Å². The summed E-state index contributed by atoms with van der Waals surface area (Å²) in [4.78, 5) is 29.7. The van der Waals surface area contributed by atoms with Gasteiger partial charge < -0.3 is 19.6 Å². The van der Waals surface area contributed by atoms with Crippen LogP contribution < -0.4 is 10.9 Å². The van der Waals surface area contributed by atoms with Crippen LogP contribution in [-0.2, 0) is 16.1 Å². The van der Waals surface area contributed by atoms with Crippen molar-refractivity contribution < 1.29 is 14.1 Å². The molecule has 0 unspecified atom stereocenters. The molecule has 2 N–H and O–H groups in total. The first kappa shape index (κ1) is 13.5. The monoisotopic (exact) mass is 290 g/mol. The molecule has 21 heavy (non-hydrogen) atoms.